The number of nitrogens with one attached hydrogen (secondary N) is 1. The fraction of sp³-hybridized carbons (Fsp3) is 0.500. The Labute approximate surface area is 103 Å². The third-order valence-corrected chi connectivity index (χ3v) is 3.26. The monoisotopic (exact) mass is 232 g/mol. The first-order valence-corrected chi connectivity index (χ1v) is 6.34. The summed E-state index contributed by atoms with van der Waals surface area (Å²) in [5, 5.41) is 3.12. The molecule has 3 heteroatoms. The standard InChI is InChI=1S/C14H20N2O/c1-15-9-5-11-16-10-4-7-12-6-2-3-8-13(12)14(16)17/h2-3,6,8,15H,4-5,7,9-11H2,1H3. The number of hydrogen-bond donors (Lipinski definition) is 1. The number of amides is 1. The van der Waals surface area contributed by atoms with Crippen LogP contribution in [0, 0.1) is 0 Å². The third kappa shape index (κ3) is 2.86. The molecule has 0 saturated heterocycles. The van der Waals surface area contributed by atoms with E-state index in [0.717, 1.165) is 44.5 Å². The maximum absolute atomic E-state index is 12.3. The van der Waals surface area contributed by atoms with Crippen molar-refractivity contribution in [2.45, 2.75) is 19.3 Å². The van der Waals surface area contributed by atoms with E-state index in [4.69, 9.17) is 0 Å². The van der Waals surface area contributed by atoms with Crippen molar-refractivity contribution in [2.75, 3.05) is 26.7 Å². The first kappa shape index (κ1) is 12.1. The molecule has 0 bridgehead atoms. The van der Waals surface area contributed by atoms with Crippen LogP contribution < -0.4 is 5.32 Å². The smallest absolute Gasteiger partial charge is 0.254 e. The molecule has 3 nitrogen and oxygen atoms in total. The largest absolute Gasteiger partial charge is 0.339 e. The lowest BCUT2D eigenvalue weighted by Crippen LogP contribution is -2.33. The molecule has 1 aromatic rings. The Morgan fingerprint density at radius 2 is 2.18 bits per heavy atom. The van der Waals surface area contributed by atoms with E-state index in [1.54, 1.807) is 0 Å². The molecule has 2 rings (SSSR count). The van der Waals surface area contributed by atoms with Crippen molar-refractivity contribution in [3.8, 4) is 0 Å². The molecular weight excluding hydrogens is 212 g/mol. The average Bonchev–Trinajstić information content (AvgIpc) is 2.51. The first-order chi connectivity index (χ1) is 8.33. The van der Waals surface area contributed by atoms with E-state index in [1.807, 2.05) is 30.1 Å². The van der Waals surface area contributed by atoms with E-state index in [9.17, 15) is 4.79 Å². The Hall–Kier alpha value is -1.35. The van der Waals surface area contributed by atoms with E-state index in [0.29, 0.717) is 0 Å². The Morgan fingerprint density at radius 3 is 3.00 bits per heavy atom. The second-order valence-electron chi connectivity index (χ2n) is 4.51. The minimum atomic E-state index is 0.203. The first-order valence-electron chi connectivity index (χ1n) is 6.34. The van der Waals surface area contributed by atoms with Gasteiger partial charge >= 0.3 is 0 Å². The van der Waals surface area contributed by atoms with E-state index >= 15 is 0 Å². The van der Waals surface area contributed by atoms with Crippen molar-refractivity contribution >= 4 is 5.91 Å². The van der Waals surface area contributed by atoms with Gasteiger partial charge in [0, 0.05) is 18.7 Å². The summed E-state index contributed by atoms with van der Waals surface area (Å²) in [6.45, 7) is 2.71. The van der Waals surface area contributed by atoms with Crippen LogP contribution in [0.3, 0.4) is 0 Å². The van der Waals surface area contributed by atoms with Gasteiger partial charge in [-0.25, -0.2) is 0 Å². The lowest BCUT2D eigenvalue weighted by molar-refractivity contribution is 0.0759. The van der Waals surface area contributed by atoms with Crippen LogP contribution in [0.1, 0.15) is 28.8 Å². The second-order valence-corrected chi connectivity index (χ2v) is 4.51. The summed E-state index contributed by atoms with van der Waals surface area (Å²) in [7, 11) is 1.94. The molecule has 1 N–H and O–H groups in total. The number of benzene rings is 1. The Morgan fingerprint density at radius 1 is 1.35 bits per heavy atom. The van der Waals surface area contributed by atoms with Crippen molar-refractivity contribution in [3.63, 3.8) is 0 Å². The molecule has 0 fully saturated rings. The maximum atomic E-state index is 12.3. The SMILES string of the molecule is CNCCCN1CCCc2ccccc2C1=O. The molecule has 1 aromatic carbocycles. The highest BCUT2D eigenvalue weighted by molar-refractivity contribution is 5.96. The van der Waals surface area contributed by atoms with Crippen LogP contribution in [0.15, 0.2) is 24.3 Å². The van der Waals surface area contributed by atoms with Crippen LogP contribution in [-0.4, -0.2) is 37.5 Å². The highest BCUT2D eigenvalue weighted by Gasteiger charge is 2.21. The molecule has 0 radical (unpaired) electrons. The maximum Gasteiger partial charge on any atom is 0.254 e. The number of carbonyl (C=O) groups is 1. The van der Waals surface area contributed by atoms with Crippen molar-refractivity contribution in [3.05, 3.63) is 35.4 Å². The van der Waals surface area contributed by atoms with Crippen molar-refractivity contribution < 1.29 is 4.79 Å². The number of fused-ring (bicyclic) bond motifs is 1. The number of hydrogen-bond acceptors (Lipinski definition) is 2. The van der Waals surface area contributed by atoms with Crippen LogP contribution >= 0.6 is 0 Å². The summed E-state index contributed by atoms with van der Waals surface area (Å²) in [5.41, 5.74) is 2.10. The van der Waals surface area contributed by atoms with E-state index in [2.05, 4.69) is 11.4 Å². The molecule has 0 aliphatic carbocycles. The highest BCUT2D eigenvalue weighted by atomic mass is 16.2. The molecular formula is C14H20N2O. The molecule has 1 aliphatic heterocycles. The number of rotatable bonds is 4. The molecule has 17 heavy (non-hydrogen) atoms. The zero-order valence-corrected chi connectivity index (χ0v) is 10.4. The molecule has 0 spiro atoms. The molecule has 0 atom stereocenters. The Kier molecular flexibility index (Phi) is 4.15. The van der Waals surface area contributed by atoms with Crippen LogP contribution in [0.5, 0.6) is 0 Å². The molecule has 1 aliphatic rings. The molecule has 1 amide bonds. The number of aryl methyl sites for hydroxylation is 1. The van der Waals surface area contributed by atoms with E-state index < -0.39 is 0 Å². The minimum absolute atomic E-state index is 0.203. The second kappa shape index (κ2) is 5.82. The quantitative estimate of drug-likeness (QED) is 0.801. The summed E-state index contributed by atoms with van der Waals surface area (Å²) in [6.07, 6.45) is 3.11. The molecule has 0 aromatic heterocycles. The van der Waals surface area contributed by atoms with Gasteiger partial charge in [-0.1, -0.05) is 18.2 Å². The minimum Gasteiger partial charge on any atom is -0.339 e. The van der Waals surface area contributed by atoms with Crippen LogP contribution in [-0.2, 0) is 6.42 Å². The van der Waals surface area contributed by atoms with Gasteiger partial charge < -0.3 is 10.2 Å². The van der Waals surface area contributed by atoms with Gasteiger partial charge in [0.1, 0.15) is 0 Å². The van der Waals surface area contributed by atoms with Gasteiger partial charge in [0.2, 0.25) is 0 Å². The number of carbonyl (C=O) groups excluding carboxylic acids is 1. The summed E-state index contributed by atoms with van der Waals surface area (Å²) in [4.78, 5) is 14.3. The Balaban J connectivity index is 2.09. The molecule has 92 valence electrons. The summed E-state index contributed by atoms with van der Waals surface area (Å²) in [6, 6.07) is 8.00. The fourth-order valence-electron chi connectivity index (χ4n) is 2.34. The predicted molar refractivity (Wildman–Crippen MR) is 69.2 cm³/mol. The average molecular weight is 232 g/mol. The van der Waals surface area contributed by atoms with Gasteiger partial charge in [0.15, 0.2) is 0 Å². The third-order valence-electron chi connectivity index (χ3n) is 3.26. The summed E-state index contributed by atoms with van der Waals surface area (Å²) >= 11 is 0. The topological polar surface area (TPSA) is 32.3 Å². The van der Waals surface area contributed by atoms with Crippen molar-refractivity contribution in [1.29, 1.82) is 0 Å². The normalized spacial score (nSPS) is 15.6. The van der Waals surface area contributed by atoms with Gasteiger partial charge in [-0.3, -0.25) is 4.79 Å². The lowest BCUT2D eigenvalue weighted by atomic mass is 10.0. The van der Waals surface area contributed by atoms with Gasteiger partial charge in [-0.15, -0.1) is 0 Å². The molecule has 0 saturated carbocycles. The van der Waals surface area contributed by atoms with Crippen molar-refractivity contribution in [1.82, 2.24) is 10.2 Å². The van der Waals surface area contributed by atoms with Crippen molar-refractivity contribution in [2.24, 2.45) is 0 Å². The fourth-order valence-corrected chi connectivity index (χ4v) is 2.34. The zero-order valence-electron chi connectivity index (χ0n) is 10.4. The van der Waals surface area contributed by atoms with Gasteiger partial charge in [0.05, 0.1) is 0 Å². The predicted octanol–water partition coefficient (Wildman–Crippen LogP) is 1.68. The van der Waals surface area contributed by atoms with E-state index in [-0.39, 0.29) is 5.91 Å². The van der Waals surface area contributed by atoms with Gasteiger partial charge in [-0.2, -0.15) is 0 Å². The van der Waals surface area contributed by atoms with Gasteiger partial charge in [0.25, 0.3) is 5.91 Å². The van der Waals surface area contributed by atoms with Crippen LogP contribution in [0.2, 0.25) is 0 Å². The highest BCUT2D eigenvalue weighted by Crippen LogP contribution is 2.18. The number of nitrogens with zero attached hydrogens (tertiary/aromatic N) is 1. The van der Waals surface area contributed by atoms with Gasteiger partial charge in [-0.05, 0) is 44.5 Å². The molecule has 0 unspecified atom stereocenters. The lowest BCUT2D eigenvalue weighted by Gasteiger charge is -2.20. The molecule has 1 heterocycles. The van der Waals surface area contributed by atoms with Crippen LogP contribution in [0.4, 0.5) is 0 Å². The summed E-state index contributed by atoms with van der Waals surface area (Å²) in [5.74, 6) is 0.203. The Bertz CT molecular complexity index is 390. The van der Waals surface area contributed by atoms with E-state index in [1.165, 1.54) is 5.56 Å². The zero-order chi connectivity index (χ0) is 12.1. The summed E-state index contributed by atoms with van der Waals surface area (Å²) < 4.78 is 0. The van der Waals surface area contributed by atoms with Crippen LogP contribution in [0.25, 0.3) is 0 Å².